The third-order valence-electron chi connectivity index (χ3n) is 4.39. The van der Waals surface area contributed by atoms with Crippen molar-refractivity contribution in [2.45, 2.75) is 32.2 Å². The molecule has 1 saturated heterocycles. The Hall–Kier alpha value is -1.75. The molecule has 0 atom stereocenters. The van der Waals surface area contributed by atoms with Gasteiger partial charge in [-0.25, -0.2) is 0 Å². The van der Waals surface area contributed by atoms with Gasteiger partial charge in [-0.05, 0) is 37.5 Å². The van der Waals surface area contributed by atoms with Crippen LogP contribution in [0.4, 0.5) is 0 Å². The van der Waals surface area contributed by atoms with E-state index in [1.165, 1.54) is 12.8 Å². The lowest BCUT2D eigenvalue weighted by Gasteiger charge is -2.36. The Balaban J connectivity index is 1.52. The van der Waals surface area contributed by atoms with Crippen LogP contribution < -0.4 is 5.32 Å². The highest BCUT2D eigenvalue weighted by molar-refractivity contribution is 6.30. The number of aliphatic imine (C=N–C) groups is 1. The van der Waals surface area contributed by atoms with Gasteiger partial charge in [-0.3, -0.25) is 9.79 Å². The topological polar surface area (TPSA) is 47.9 Å². The Morgan fingerprint density at radius 2 is 1.96 bits per heavy atom. The monoisotopic (exact) mass is 348 g/mol. The van der Waals surface area contributed by atoms with E-state index in [1.807, 2.05) is 29.2 Å². The Bertz CT molecular complexity index is 607. The quantitative estimate of drug-likeness (QED) is 0.670. The maximum atomic E-state index is 12.5. The lowest BCUT2D eigenvalue weighted by molar-refractivity contribution is -0.131. The molecule has 1 aromatic rings. The van der Waals surface area contributed by atoms with Crippen molar-refractivity contribution in [3.8, 4) is 0 Å². The smallest absolute Gasteiger partial charge is 0.227 e. The average Bonchev–Trinajstić information content (AvgIpc) is 3.39. The fourth-order valence-electron chi connectivity index (χ4n) is 2.90. The van der Waals surface area contributed by atoms with Crippen molar-refractivity contribution in [1.29, 1.82) is 0 Å². The fourth-order valence-corrected chi connectivity index (χ4v) is 3.11. The molecule has 3 rings (SSSR count). The van der Waals surface area contributed by atoms with E-state index < -0.39 is 0 Å². The Kier molecular flexibility index (Phi) is 5.61. The number of guanidine groups is 1. The molecule has 0 spiro atoms. The fraction of sp³-hybridized carbons (Fsp3) is 0.556. The van der Waals surface area contributed by atoms with Gasteiger partial charge in [0, 0.05) is 43.8 Å². The number of benzene rings is 1. The van der Waals surface area contributed by atoms with Gasteiger partial charge in [0.1, 0.15) is 0 Å². The second-order valence-electron chi connectivity index (χ2n) is 6.39. The number of halogens is 1. The molecule has 2 fully saturated rings. The molecule has 1 amide bonds. The van der Waals surface area contributed by atoms with Crippen molar-refractivity contribution in [2.75, 3.05) is 32.7 Å². The molecule has 6 heteroatoms. The average molecular weight is 349 g/mol. The molecule has 0 aromatic heterocycles. The highest BCUT2D eigenvalue weighted by atomic mass is 35.5. The van der Waals surface area contributed by atoms with Gasteiger partial charge in [0.05, 0.1) is 6.42 Å². The zero-order valence-corrected chi connectivity index (χ0v) is 14.9. The van der Waals surface area contributed by atoms with Crippen LogP contribution in [0.25, 0.3) is 0 Å². The van der Waals surface area contributed by atoms with E-state index in [2.05, 4.69) is 22.1 Å². The van der Waals surface area contributed by atoms with E-state index >= 15 is 0 Å². The van der Waals surface area contributed by atoms with Crippen LogP contribution in [0.5, 0.6) is 0 Å². The number of hydrogen-bond acceptors (Lipinski definition) is 2. The predicted molar refractivity (Wildman–Crippen MR) is 97.4 cm³/mol. The summed E-state index contributed by atoms with van der Waals surface area (Å²) in [4.78, 5) is 21.3. The van der Waals surface area contributed by atoms with Gasteiger partial charge in [0.15, 0.2) is 5.96 Å². The number of hydrogen-bond donors (Lipinski definition) is 1. The first-order chi connectivity index (χ1) is 11.7. The molecule has 1 aromatic carbocycles. The van der Waals surface area contributed by atoms with Crippen LogP contribution in [0.1, 0.15) is 25.3 Å². The first kappa shape index (κ1) is 17.1. The van der Waals surface area contributed by atoms with E-state index in [9.17, 15) is 4.79 Å². The van der Waals surface area contributed by atoms with Gasteiger partial charge in [0.2, 0.25) is 5.91 Å². The van der Waals surface area contributed by atoms with Crippen molar-refractivity contribution in [3.63, 3.8) is 0 Å². The number of carbonyl (C=O) groups excluding carboxylic acids is 1. The van der Waals surface area contributed by atoms with Gasteiger partial charge in [-0.1, -0.05) is 23.7 Å². The third kappa shape index (κ3) is 4.63. The first-order valence-corrected chi connectivity index (χ1v) is 9.11. The summed E-state index contributed by atoms with van der Waals surface area (Å²) in [6.07, 6.45) is 2.89. The molecule has 2 aliphatic rings. The van der Waals surface area contributed by atoms with Crippen molar-refractivity contribution >= 4 is 23.5 Å². The Morgan fingerprint density at radius 1 is 1.25 bits per heavy atom. The molecular weight excluding hydrogens is 324 g/mol. The van der Waals surface area contributed by atoms with Crippen molar-refractivity contribution in [3.05, 3.63) is 34.9 Å². The second-order valence-corrected chi connectivity index (χ2v) is 6.83. The molecule has 0 unspecified atom stereocenters. The molecule has 1 aliphatic heterocycles. The van der Waals surface area contributed by atoms with Gasteiger partial charge < -0.3 is 15.1 Å². The van der Waals surface area contributed by atoms with Gasteiger partial charge >= 0.3 is 0 Å². The van der Waals surface area contributed by atoms with Crippen molar-refractivity contribution in [2.24, 2.45) is 4.99 Å². The minimum absolute atomic E-state index is 0.168. The molecular formula is C18H25ClN4O. The van der Waals surface area contributed by atoms with Gasteiger partial charge in [-0.15, -0.1) is 0 Å². The zero-order valence-electron chi connectivity index (χ0n) is 14.2. The van der Waals surface area contributed by atoms with E-state index in [0.29, 0.717) is 17.5 Å². The molecule has 5 nitrogen and oxygen atoms in total. The van der Waals surface area contributed by atoms with E-state index in [1.54, 1.807) is 0 Å². The summed E-state index contributed by atoms with van der Waals surface area (Å²) in [6, 6.07) is 8.13. The van der Waals surface area contributed by atoms with Gasteiger partial charge in [-0.2, -0.15) is 0 Å². The lowest BCUT2D eigenvalue weighted by Crippen LogP contribution is -2.54. The van der Waals surface area contributed by atoms with Crippen LogP contribution >= 0.6 is 11.6 Å². The number of nitrogens with one attached hydrogen (secondary N) is 1. The molecule has 1 aliphatic carbocycles. The molecule has 0 bridgehead atoms. The molecule has 1 N–H and O–H groups in total. The minimum Gasteiger partial charge on any atom is -0.354 e. The van der Waals surface area contributed by atoms with Crippen LogP contribution in [0, 0.1) is 0 Å². The van der Waals surface area contributed by atoms with Crippen LogP contribution in [-0.2, 0) is 11.2 Å². The third-order valence-corrected chi connectivity index (χ3v) is 4.63. The Morgan fingerprint density at radius 3 is 2.58 bits per heavy atom. The summed E-state index contributed by atoms with van der Waals surface area (Å²) in [5.41, 5.74) is 0.971. The SMILES string of the molecule is CCN=C(NC1CC1)N1CCN(C(=O)Cc2cccc(Cl)c2)CC1. The number of nitrogens with zero attached hydrogens (tertiary/aromatic N) is 3. The Labute approximate surface area is 148 Å². The normalized spacial score (nSPS) is 18.7. The van der Waals surface area contributed by atoms with E-state index in [-0.39, 0.29) is 5.91 Å². The first-order valence-electron chi connectivity index (χ1n) is 8.74. The van der Waals surface area contributed by atoms with Crippen LogP contribution in [0.15, 0.2) is 29.3 Å². The summed E-state index contributed by atoms with van der Waals surface area (Å²) < 4.78 is 0. The molecule has 130 valence electrons. The highest BCUT2D eigenvalue weighted by Gasteiger charge is 2.27. The summed E-state index contributed by atoms with van der Waals surface area (Å²) in [5, 5.41) is 4.19. The van der Waals surface area contributed by atoms with Crippen LogP contribution in [0.3, 0.4) is 0 Å². The maximum Gasteiger partial charge on any atom is 0.227 e. The van der Waals surface area contributed by atoms with Crippen molar-refractivity contribution in [1.82, 2.24) is 15.1 Å². The lowest BCUT2D eigenvalue weighted by atomic mass is 10.1. The molecule has 24 heavy (non-hydrogen) atoms. The summed E-state index contributed by atoms with van der Waals surface area (Å²) in [6.45, 7) is 5.99. The van der Waals surface area contributed by atoms with E-state index in [4.69, 9.17) is 11.6 Å². The number of amides is 1. The molecule has 0 radical (unpaired) electrons. The minimum atomic E-state index is 0.168. The number of piperazine rings is 1. The standard InChI is InChI=1S/C18H25ClN4O/c1-2-20-18(21-16-6-7-16)23-10-8-22(9-11-23)17(24)13-14-4-3-5-15(19)12-14/h3-5,12,16H,2,6-11,13H2,1H3,(H,20,21). The number of rotatable bonds is 4. The summed E-state index contributed by atoms with van der Waals surface area (Å²) >= 11 is 5.99. The molecule has 1 heterocycles. The van der Waals surface area contributed by atoms with Crippen molar-refractivity contribution < 1.29 is 4.79 Å². The summed E-state index contributed by atoms with van der Waals surface area (Å²) in [5.74, 6) is 1.17. The highest BCUT2D eigenvalue weighted by Crippen LogP contribution is 2.19. The van der Waals surface area contributed by atoms with Crippen LogP contribution in [0.2, 0.25) is 5.02 Å². The zero-order chi connectivity index (χ0) is 16.9. The number of carbonyl (C=O) groups is 1. The maximum absolute atomic E-state index is 12.5. The summed E-state index contributed by atoms with van der Waals surface area (Å²) in [7, 11) is 0. The van der Waals surface area contributed by atoms with Gasteiger partial charge in [0.25, 0.3) is 0 Å². The second kappa shape index (κ2) is 7.88. The largest absolute Gasteiger partial charge is 0.354 e. The van der Waals surface area contributed by atoms with E-state index in [0.717, 1.165) is 44.2 Å². The molecule has 1 saturated carbocycles. The van der Waals surface area contributed by atoms with Crippen LogP contribution in [-0.4, -0.2) is 60.4 Å². The predicted octanol–water partition coefficient (Wildman–Crippen LogP) is 2.15.